The van der Waals surface area contributed by atoms with Crippen LogP contribution in [0, 0.1) is 0 Å². The van der Waals surface area contributed by atoms with Gasteiger partial charge in [-0.1, -0.05) is 29.3 Å². The van der Waals surface area contributed by atoms with Crippen LogP contribution >= 0.6 is 23.2 Å². The molecule has 0 aliphatic rings. The molecule has 3 rings (SSSR count). The number of H-pyrrole nitrogens is 1. The highest BCUT2D eigenvalue weighted by Gasteiger charge is 2.16. The fourth-order valence-corrected chi connectivity index (χ4v) is 3.26. The molecule has 0 aliphatic heterocycles. The third kappa shape index (κ3) is 4.01. The second kappa shape index (κ2) is 8.08. The van der Waals surface area contributed by atoms with E-state index in [9.17, 15) is 4.79 Å². The van der Waals surface area contributed by atoms with Gasteiger partial charge in [-0.15, -0.1) is 0 Å². The van der Waals surface area contributed by atoms with Crippen molar-refractivity contribution in [1.82, 2.24) is 9.97 Å². The highest BCUT2D eigenvalue weighted by molar-refractivity contribution is 6.35. The van der Waals surface area contributed by atoms with Crippen LogP contribution in [0.2, 0.25) is 10.0 Å². The molecule has 0 saturated heterocycles. The van der Waals surface area contributed by atoms with Gasteiger partial charge in [0.15, 0.2) is 0 Å². The number of fused-ring (bicyclic) bond motifs is 1. The average molecular weight is 393 g/mol. The summed E-state index contributed by atoms with van der Waals surface area (Å²) in [5.74, 6) is 0.313. The molecule has 7 heteroatoms. The number of aromatic nitrogens is 2. The normalized spacial score (nSPS) is 11.1. The van der Waals surface area contributed by atoms with E-state index in [-0.39, 0.29) is 5.97 Å². The Hall–Kier alpha value is -2.08. The van der Waals surface area contributed by atoms with Gasteiger partial charge in [-0.25, -0.2) is 9.78 Å². The summed E-state index contributed by atoms with van der Waals surface area (Å²) in [6, 6.07) is 8.90. The fourth-order valence-electron chi connectivity index (χ4n) is 2.78. The molecule has 0 unspecified atom stereocenters. The minimum atomic E-state index is -0.374. The van der Waals surface area contributed by atoms with Crippen LogP contribution in [0.25, 0.3) is 11.0 Å². The average Bonchev–Trinajstić information content (AvgIpc) is 3.00. The number of nitrogens with zero attached hydrogens (tertiary/aromatic N) is 1. The number of hydrogen-bond acceptors (Lipinski definition) is 4. The maximum atomic E-state index is 12.2. The smallest absolute Gasteiger partial charge is 0.338 e. The first-order chi connectivity index (χ1) is 12.5. The van der Waals surface area contributed by atoms with Crippen LogP contribution in [0.4, 0.5) is 0 Å². The van der Waals surface area contributed by atoms with E-state index in [0.29, 0.717) is 41.1 Å². The summed E-state index contributed by atoms with van der Waals surface area (Å²) in [6.45, 7) is 2.44. The van der Waals surface area contributed by atoms with Gasteiger partial charge in [0, 0.05) is 23.6 Å². The van der Waals surface area contributed by atoms with Gasteiger partial charge in [0.05, 0.1) is 23.2 Å². The lowest BCUT2D eigenvalue weighted by Gasteiger charge is -2.08. The Kier molecular flexibility index (Phi) is 5.81. The van der Waals surface area contributed by atoms with E-state index in [0.717, 1.165) is 22.2 Å². The molecular formula is C19H18Cl2N2O3. The first kappa shape index (κ1) is 18.7. The third-order valence-corrected chi connectivity index (χ3v) is 4.49. The molecule has 3 aromatic rings. The molecule has 0 saturated carbocycles. The third-order valence-electron chi connectivity index (χ3n) is 3.90. The Labute approximate surface area is 161 Å². The summed E-state index contributed by atoms with van der Waals surface area (Å²) in [6.07, 6.45) is 0.511. The standard InChI is InChI=1S/C19H18Cl2N2O3/c1-3-26-19(24)13-7-12(6-11-4-5-14(20)9-15(11)21)18-16(8-13)22-17(23-18)10-25-2/h4-5,7-9H,3,6,10H2,1-2H3,(H,22,23). The molecule has 1 N–H and O–H groups in total. The second-order valence-electron chi connectivity index (χ2n) is 5.78. The van der Waals surface area contributed by atoms with Gasteiger partial charge < -0.3 is 14.5 Å². The Morgan fingerprint density at radius 2 is 2.00 bits per heavy atom. The van der Waals surface area contributed by atoms with Crippen molar-refractivity contribution in [1.29, 1.82) is 0 Å². The Morgan fingerprint density at radius 1 is 1.19 bits per heavy atom. The first-order valence-electron chi connectivity index (χ1n) is 8.13. The summed E-state index contributed by atoms with van der Waals surface area (Å²) in [4.78, 5) is 20.0. The summed E-state index contributed by atoms with van der Waals surface area (Å²) < 4.78 is 10.3. The first-order valence-corrected chi connectivity index (χ1v) is 8.89. The second-order valence-corrected chi connectivity index (χ2v) is 6.62. The van der Waals surface area contributed by atoms with E-state index in [1.54, 1.807) is 38.3 Å². The predicted molar refractivity (Wildman–Crippen MR) is 102 cm³/mol. The maximum Gasteiger partial charge on any atom is 0.338 e. The molecule has 2 aromatic carbocycles. The van der Waals surface area contributed by atoms with Crippen molar-refractivity contribution in [2.75, 3.05) is 13.7 Å². The van der Waals surface area contributed by atoms with Crippen LogP contribution in [0.3, 0.4) is 0 Å². The zero-order valence-electron chi connectivity index (χ0n) is 14.4. The quantitative estimate of drug-likeness (QED) is 0.612. The molecule has 136 valence electrons. The lowest BCUT2D eigenvalue weighted by Crippen LogP contribution is -2.06. The van der Waals surface area contributed by atoms with Gasteiger partial charge in [-0.05, 0) is 42.3 Å². The lowest BCUT2D eigenvalue weighted by atomic mass is 10.0. The zero-order valence-corrected chi connectivity index (χ0v) is 15.9. The monoisotopic (exact) mass is 392 g/mol. The van der Waals surface area contributed by atoms with Gasteiger partial charge in [0.1, 0.15) is 12.4 Å². The van der Waals surface area contributed by atoms with Crippen molar-refractivity contribution in [3.8, 4) is 0 Å². The number of esters is 1. The number of carbonyl (C=O) groups excluding carboxylic acids is 1. The highest BCUT2D eigenvalue weighted by Crippen LogP contribution is 2.27. The summed E-state index contributed by atoms with van der Waals surface area (Å²) >= 11 is 12.3. The Morgan fingerprint density at radius 3 is 2.69 bits per heavy atom. The summed E-state index contributed by atoms with van der Waals surface area (Å²) in [5.41, 5.74) is 3.76. The Bertz CT molecular complexity index is 953. The molecule has 0 radical (unpaired) electrons. The number of nitrogens with one attached hydrogen (secondary N) is 1. The van der Waals surface area contributed by atoms with E-state index in [1.807, 2.05) is 6.07 Å². The van der Waals surface area contributed by atoms with Gasteiger partial charge >= 0.3 is 5.97 Å². The number of ether oxygens (including phenoxy) is 2. The van der Waals surface area contributed by atoms with Gasteiger partial charge in [0.25, 0.3) is 0 Å². The fraction of sp³-hybridized carbons (Fsp3) is 0.263. The van der Waals surface area contributed by atoms with Crippen molar-refractivity contribution >= 4 is 40.2 Å². The number of aromatic amines is 1. The number of imidazole rings is 1. The number of carbonyl (C=O) groups is 1. The minimum absolute atomic E-state index is 0.313. The largest absolute Gasteiger partial charge is 0.462 e. The van der Waals surface area contributed by atoms with Crippen molar-refractivity contribution < 1.29 is 14.3 Å². The predicted octanol–water partition coefficient (Wildman–Crippen LogP) is 4.78. The summed E-state index contributed by atoms with van der Waals surface area (Å²) in [7, 11) is 1.60. The van der Waals surface area contributed by atoms with Crippen LogP contribution in [-0.2, 0) is 22.5 Å². The number of methoxy groups -OCH3 is 1. The molecule has 5 nitrogen and oxygen atoms in total. The number of rotatable bonds is 6. The van der Waals surface area contributed by atoms with Crippen LogP contribution in [0.5, 0.6) is 0 Å². The van der Waals surface area contributed by atoms with Gasteiger partial charge in [0.2, 0.25) is 0 Å². The highest BCUT2D eigenvalue weighted by atomic mass is 35.5. The number of halogens is 2. The maximum absolute atomic E-state index is 12.2. The van der Waals surface area contributed by atoms with Crippen LogP contribution < -0.4 is 0 Å². The van der Waals surface area contributed by atoms with E-state index in [4.69, 9.17) is 32.7 Å². The van der Waals surface area contributed by atoms with Crippen LogP contribution in [-0.4, -0.2) is 29.7 Å². The molecule has 0 aliphatic carbocycles. The van der Waals surface area contributed by atoms with Crippen LogP contribution in [0.15, 0.2) is 30.3 Å². The molecular weight excluding hydrogens is 375 g/mol. The van der Waals surface area contributed by atoms with Gasteiger partial charge in [-0.2, -0.15) is 0 Å². The molecule has 1 aromatic heterocycles. The Balaban J connectivity index is 2.09. The molecule has 0 bridgehead atoms. The van der Waals surface area contributed by atoms with Crippen molar-refractivity contribution in [2.45, 2.75) is 20.0 Å². The molecule has 26 heavy (non-hydrogen) atoms. The van der Waals surface area contributed by atoms with E-state index in [1.165, 1.54) is 0 Å². The zero-order chi connectivity index (χ0) is 18.7. The van der Waals surface area contributed by atoms with Crippen molar-refractivity contribution in [3.05, 3.63) is 62.9 Å². The SMILES string of the molecule is CCOC(=O)c1cc(Cc2ccc(Cl)cc2Cl)c2nc(COC)[nH]c2c1. The van der Waals surface area contributed by atoms with Gasteiger partial charge in [-0.3, -0.25) is 0 Å². The number of benzene rings is 2. The summed E-state index contributed by atoms with van der Waals surface area (Å²) in [5, 5.41) is 1.14. The molecule has 1 heterocycles. The molecule has 0 atom stereocenters. The number of hydrogen-bond donors (Lipinski definition) is 1. The van der Waals surface area contributed by atoms with Crippen LogP contribution in [0.1, 0.15) is 34.2 Å². The van der Waals surface area contributed by atoms with Crippen molar-refractivity contribution in [3.63, 3.8) is 0 Å². The minimum Gasteiger partial charge on any atom is -0.462 e. The molecule has 0 spiro atoms. The molecule has 0 amide bonds. The van der Waals surface area contributed by atoms with E-state index in [2.05, 4.69) is 9.97 Å². The van der Waals surface area contributed by atoms with E-state index < -0.39 is 0 Å². The van der Waals surface area contributed by atoms with E-state index >= 15 is 0 Å². The topological polar surface area (TPSA) is 64.2 Å². The lowest BCUT2D eigenvalue weighted by molar-refractivity contribution is 0.0526. The van der Waals surface area contributed by atoms with Crippen molar-refractivity contribution in [2.24, 2.45) is 0 Å². The molecule has 0 fully saturated rings.